The number of amides is 1. The van der Waals surface area contributed by atoms with Crippen LogP contribution < -0.4 is 10.1 Å². The molecule has 0 fully saturated rings. The minimum Gasteiger partial charge on any atom is -0.494 e. The molecule has 0 saturated heterocycles. The van der Waals surface area contributed by atoms with Crippen LogP contribution in [0.15, 0.2) is 30.5 Å². The first kappa shape index (κ1) is 14.0. The Balaban J connectivity index is 1.80. The van der Waals surface area contributed by atoms with Gasteiger partial charge in [0.15, 0.2) is 5.69 Å². The summed E-state index contributed by atoms with van der Waals surface area (Å²) in [7, 11) is 0. The van der Waals surface area contributed by atoms with E-state index in [2.05, 4.69) is 27.7 Å². The monoisotopic (exact) mass is 274 g/mol. The second-order valence-electron chi connectivity index (χ2n) is 4.38. The van der Waals surface area contributed by atoms with Crippen LogP contribution in [0.3, 0.4) is 0 Å². The van der Waals surface area contributed by atoms with Crippen molar-refractivity contribution in [3.63, 3.8) is 0 Å². The first-order valence-corrected chi connectivity index (χ1v) is 6.65. The molecule has 2 rings (SSSR count). The van der Waals surface area contributed by atoms with E-state index in [9.17, 15) is 4.79 Å². The maximum absolute atomic E-state index is 11.7. The Morgan fingerprint density at radius 2 is 2.15 bits per heavy atom. The van der Waals surface area contributed by atoms with Gasteiger partial charge < -0.3 is 10.1 Å². The first-order valence-electron chi connectivity index (χ1n) is 6.65. The fourth-order valence-corrected chi connectivity index (χ4v) is 1.62. The molecule has 1 heterocycles. The highest BCUT2D eigenvalue weighted by Gasteiger charge is 2.07. The van der Waals surface area contributed by atoms with Gasteiger partial charge >= 0.3 is 0 Å². The van der Waals surface area contributed by atoms with Crippen molar-refractivity contribution in [3.8, 4) is 5.75 Å². The molecule has 1 amide bonds. The number of carbonyl (C=O) groups excluding carboxylic acids is 1. The summed E-state index contributed by atoms with van der Waals surface area (Å²) in [6, 6.07) is 7.69. The Bertz CT molecular complexity index is 523. The van der Waals surface area contributed by atoms with Crippen LogP contribution in [0.4, 0.5) is 0 Å². The summed E-state index contributed by atoms with van der Waals surface area (Å²) in [5.41, 5.74) is 1.29. The largest absolute Gasteiger partial charge is 0.494 e. The van der Waals surface area contributed by atoms with E-state index in [0.717, 1.165) is 30.8 Å². The number of nitrogens with zero attached hydrogens (tertiary/aromatic N) is 2. The average molecular weight is 274 g/mol. The highest BCUT2D eigenvalue weighted by Crippen LogP contribution is 2.12. The molecule has 20 heavy (non-hydrogen) atoms. The van der Waals surface area contributed by atoms with Crippen LogP contribution in [0.25, 0.3) is 0 Å². The number of rotatable bonds is 7. The number of carbonyl (C=O) groups is 1. The molecule has 0 radical (unpaired) electrons. The van der Waals surface area contributed by atoms with E-state index in [1.165, 1.54) is 6.20 Å². The molecule has 1 aromatic carbocycles. The van der Waals surface area contributed by atoms with E-state index < -0.39 is 0 Å². The van der Waals surface area contributed by atoms with Crippen molar-refractivity contribution in [2.75, 3.05) is 6.61 Å². The molecule has 0 bridgehead atoms. The Labute approximate surface area is 117 Å². The summed E-state index contributed by atoms with van der Waals surface area (Å²) in [6.45, 7) is 3.31. The topological polar surface area (TPSA) is 79.9 Å². The number of benzene rings is 1. The van der Waals surface area contributed by atoms with Gasteiger partial charge in [-0.3, -0.25) is 4.79 Å². The molecule has 106 valence electrons. The highest BCUT2D eigenvalue weighted by atomic mass is 16.5. The van der Waals surface area contributed by atoms with Gasteiger partial charge in [-0.2, -0.15) is 15.4 Å². The van der Waals surface area contributed by atoms with Crippen molar-refractivity contribution in [3.05, 3.63) is 41.7 Å². The number of hydrogen-bond acceptors (Lipinski definition) is 4. The number of aromatic amines is 1. The third kappa shape index (κ3) is 4.08. The normalized spacial score (nSPS) is 10.2. The lowest BCUT2D eigenvalue weighted by atomic mass is 10.2. The molecule has 2 aromatic rings. The van der Waals surface area contributed by atoms with E-state index in [0.29, 0.717) is 6.54 Å². The second-order valence-corrected chi connectivity index (χ2v) is 4.38. The minimum absolute atomic E-state index is 0.248. The number of hydrogen-bond donors (Lipinski definition) is 2. The van der Waals surface area contributed by atoms with E-state index in [1.807, 2.05) is 24.3 Å². The second kappa shape index (κ2) is 7.28. The summed E-state index contributed by atoms with van der Waals surface area (Å²) >= 11 is 0. The van der Waals surface area contributed by atoms with Gasteiger partial charge in [0.2, 0.25) is 0 Å². The van der Waals surface area contributed by atoms with Crippen molar-refractivity contribution in [2.45, 2.75) is 26.3 Å². The van der Waals surface area contributed by atoms with Crippen molar-refractivity contribution >= 4 is 5.91 Å². The van der Waals surface area contributed by atoms with E-state index in [-0.39, 0.29) is 11.6 Å². The van der Waals surface area contributed by atoms with Crippen LogP contribution in [0, 0.1) is 0 Å². The molecule has 0 saturated carbocycles. The first-order chi connectivity index (χ1) is 9.79. The SMILES string of the molecule is CCCCOc1ccc(CNC(=O)c2cn[nH]n2)cc1. The van der Waals surface area contributed by atoms with Crippen LogP contribution in [-0.2, 0) is 6.54 Å². The lowest BCUT2D eigenvalue weighted by Crippen LogP contribution is -2.23. The molecular formula is C14H18N4O2. The van der Waals surface area contributed by atoms with E-state index in [1.54, 1.807) is 0 Å². The van der Waals surface area contributed by atoms with E-state index >= 15 is 0 Å². The van der Waals surface area contributed by atoms with Gasteiger partial charge in [0.05, 0.1) is 12.8 Å². The third-order valence-electron chi connectivity index (χ3n) is 2.79. The van der Waals surface area contributed by atoms with Crippen LogP contribution in [0.1, 0.15) is 35.8 Å². The average Bonchev–Trinajstić information content (AvgIpc) is 3.01. The zero-order valence-corrected chi connectivity index (χ0v) is 11.4. The molecule has 2 N–H and O–H groups in total. The Kier molecular flexibility index (Phi) is 5.11. The summed E-state index contributed by atoms with van der Waals surface area (Å²) < 4.78 is 5.58. The summed E-state index contributed by atoms with van der Waals surface area (Å²) in [5.74, 6) is 0.604. The van der Waals surface area contributed by atoms with Gasteiger partial charge in [-0.25, -0.2) is 0 Å². The van der Waals surface area contributed by atoms with Crippen molar-refractivity contribution in [1.82, 2.24) is 20.7 Å². The van der Waals surface area contributed by atoms with Gasteiger partial charge in [-0.05, 0) is 24.1 Å². The van der Waals surface area contributed by atoms with E-state index in [4.69, 9.17) is 4.74 Å². The molecule has 0 aliphatic carbocycles. The maximum Gasteiger partial charge on any atom is 0.273 e. The van der Waals surface area contributed by atoms with Crippen LogP contribution in [0.5, 0.6) is 5.75 Å². The predicted octanol–water partition coefficient (Wildman–Crippen LogP) is 1.91. The molecule has 0 atom stereocenters. The lowest BCUT2D eigenvalue weighted by molar-refractivity contribution is 0.0946. The van der Waals surface area contributed by atoms with Gasteiger partial charge in [0.25, 0.3) is 5.91 Å². The molecule has 1 aromatic heterocycles. The fourth-order valence-electron chi connectivity index (χ4n) is 1.62. The zero-order chi connectivity index (χ0) is 14.2. The smallest absolute Gasteiger partial charge is 0.273 e. The molecular weight excluding hydrogens is 256 g/mol. The lowest BCUT2D eigenvalue weighted by Gasteiger charge is -2.07. The molecule has 0 unspecified atom stereocenters. The van der Waals surface area contributed by atoms with Crippen LogP contribution in [0.2, 0.25) is 0 Å². The standard InChI is InChI=1S/C14H18N4O2/c1-2-3-8-20-12-6-4-11(5-7-12)9-15-14(19)13-10-16-18-17-13/h4-7,10H,2-3,8-9H2,1H3,(H,15,19)(H,16,17,18). The summed E-state index contributed by atoms with van der Waals surface area (Å²) in [4.78, 5) is 11.7. The molecule has 0 aliphatic rings. The molecule has 0 aliphatic heterocycles. The number of ether oxygens (including phenoxy) is 1. The summed E-state index contributed by atoms with van der Waals surface area (Å²) in [6.07, 6.45) is 3.56. The Morgan fingerprint density at radius 1 is 1.35 bits per heavy atom. The number of H-pyrrole nitrogens is 1. The molecule has 0 spiro atoms. The third-order valence-corrected chi connectivity index (χ3v) is 2.79. The van der Waals surface area contributed by atoms with Crippen molar-refractivity contribution in [1.29, 1.82) is 0 Å². The summed E-state index contributed by atoms with van der Waals surface area (Å²) in [5, 5.41) is 12.5. The highest BCUT2D eigenvalue weighted by molar-refractivity contribution is 5.91. The Hall–Kier alpha value is -2.37. The van der Waals surface area contributed by atoms with Crippen molar-refractivity contribution < 1.29 is 9.53 Å². The number of nitrogens with one attached hydrogen (secondary N) is 2. The van der Waals surface area contributed by atoms with Crippen molar-refractivity contribution in [2.24, 2.45) is 0 Å². The molecule has 6 nitrogen and oxygen atoms in total. The quantitative estimate of drug-likeness (QED) is 0.756. The number of unbranched alkanes of at least 4 members (excludes halogenated alkanes) is 1. The van der Waals surface area contributed by atoms with Gasteiger partial charge in [-0.15, -0.1) is 0 Å². The van der Waals surface area contributed by atoms with Gasteiger partial charge in [0.1, 0.15) is 5.75 Å². The van der Waals surface area contributed by atoms with Crippen LogP contribution in [-0.4, -0.2) is 27.9 Å². The Morgan fingerprint density at radius 3 is 2.80 bits per heavy atom. The van der Waals surface area contributed by atoms with Gasteiger partial charge in [0, 0.05) is 6.54 Å². The molecule has 6 heteroatoms. The van der Waals surface area contributed by atoms with Gasteiger partial charge in [-0.1, -0.05) is 25.5 Å². The fraction of sp³-hybridized carbons (Fsp3) is 0.357. The zero-order valence-electron chi connectivity index (χ0n) is 11.4. The van der Waals surface area contributed by atoms with Crippen LogP contribution >= 0.6 is 0 Å². The predicted molar refractivity (Wildman–Crippen MR) is 74.4 cm³/mol. The maximum atomic E-state index is 11.7. The minimum atomic E-state index is -0.248. The number of aromatic nitrogens is 3.